The second kappa shape index (κ2) is 6.19. The number of hydrogen-bond acceptors (Lipinski definition) is 5. The van der Waals surface area contributed by atoms with E-state index in [4.69, 9.17) is 4.74 Å². The van der Waals surface area contributed by atoms with E-state index < -0.39 is 17.4 Å². The first-order valence-electron chi connectivity index (χ1n) is 6.10. The van der Waals surface area contributed by atoms with Gasteiger partial charge in [0.25, 0.3) is 11.5 Å². The maximum Gasteiger partial charge on any atom is 0.340 e. The number of aromatic nitrogens is 1. The minimum Gasteiger partial charge on any atom is -0.465 e. The summed E-state index contributed by atoms with van der Waals surface area (Å²) in [5, 5.41) is 0.768. The molecule has 1 amide bonds. The lowest BCUT2D eigenvalue weighted by molar-refractivity contribution is -0.120. The first-order chi connectivity index (χ1) is 10.1. The fourth-order valence-corrected chi connectivity index (χ4v) is 1.94. The number of methoxy groups -OCH3 is 2. The van der Waals surface area contributed by atoms with Crippen LogP contribution in [0.15, 0.2) is 35.3 Å². The van der Waals surface area contributed by atoms with Crippen LogP contribution in [-0.2, 0) is 14.3 Å². The second-order valence-corrected chi connectivity index (χ2v) is 4.22. The molecule has 1 aromatic carbocycles. The van der Waals surface area contributed by atoms with Crippen LogP contribution in [0.1, 0.15) is 10.4 Å². The molecule has 2 aromatic rings. The Hall–Kier alpha value is -2.67. The van der Waals surface area contributed by atoms with Gasteiger partial charge in [-0.05, 0) is 6.07 Å². The highest BCUT2D eigenvalue weighted by Gasteiger charge is 2.15. The summed E-state index contributed by atoms with van der Waals surface area (Å²) in [7, 11) is 2.61. The average Bonchev–Trinajstić information content (AvgIpc) is 2.49. The number of pyridine rings is 1. The fourth-order valence-electron chi connectivity index (χ4n) is 1.94. The van der Waals surface area contributed by atoms with Gasteiger partial charge in [0.1, 0.15) is 6.61 Å². The summed E-state index contributed by atoms with van der Waals surface area (Å²) < 4.78 is 10.3. The van der Waals surface area contributed by atoms with E-state index in [0.717, 1.165) is 4.68 Å². The fraction of sp³-hybridized carbons (Fsp3) is 0.214. The van der Waals surface area contributed by atoms with Crippen LogP contribution in [0.5, 0.6) is 0 Å². The molecule has 1 N–H and O–H groups in total. The van der Waals surface area contributed by atoms with Crippen molar-refractivity contribution in [1.82, 2.24) is 4.68 Å². The Morgan fingerprint density at radius 2 is 1.86 bits per heavy atom. The van der Waals surface area contributed by atoms with E-state index in [-0.39, 0.29) is 12.2 Å². The molecule has 0 aliphatic carbocycles. The Kier molecular flexibility index (Phi) is 4.34. The van der Waals surface area contributed by atoms with Crippen molar-refractivity contribution in [2.24, 2.45) is 0 Å². The Balaban J connectivity index is 2.61. The largest absolute Gasteiger partial charge is 0.465 e. The van der Waals surface area contributed by atoms with Crippen LogP contribution in [0.4, 0.5) is 0 Å². The van der Waals surface area contributed by atoms with E-state index in [0.29, 0.717) is 10.8 Å². The minimum atomic E-state index is -0.596. The normalized spacial score (nSPS) is 10.4. The number of nitrogens with one attached hydrogen (secondary N) is 1. The van der Waals surface area contributed by atoms with Crippen molar-refractivity contribution < 1.29 is 19.1 Å². The molecule has 2 rings (SSSR count). The van der Waals surface area contributed by atoms with E-state index >= 15 is 0 Å². The third kappa shape index (κ3) is 2.92. The van der Waals surface area contributed by atoms with Crippen LogP contribution < -0.4 is 11.0 Å². The van der Waals surface area contributed by atoms with Crippen LogP contribution in [0.3, 0.4) is 0 Å². The van der Waals surface area contributed by atoms with Gasteiger partial charge in [-0.2, -0.15) is 0 Å². The van der Waals surface area contributed by atoms with Gasteiger partial charge in [-0.15, -0.1) is 0 Å². The van der Waals surface area contributed by atoms with Gasteiger partial charge in [0, 0.05) is 24.1 Å². The van der Waals surface area contributed by atoms with Gasteiger partial charge in [0.2, 0.25) is 0 Å². The molecule has 110 valence electrons. The van der Waals surface area contributed by atoms with Gasteiger partial charge in [0.05, 0.1) is 12.7 Å². The zero-order valence-electron chi connectivity index (χ0n) is 11.6. The number of carbonyl (C=O) groups is 2. The maximum atomic E-state index is 12.3. The number of hydrogen-bond donors (Lipinski definition) is 1. The molecule has 21 heavy (non-hydrogen) atoms. The predicted octanol–water partition coefficient (Wildman–Crippen LogP) is 0.505. The monoisotopic (exact) mass is 290 g/mol. The van der Waals surface area contributed by atoms with Crippen LogP contribution in [-0.4, -0.2) is 37.4 Å². The lowest BCUT2D eigenvalue weighted by atomic mass is 10.1. The van der Waals surface area contributed by atoms with E-state index in [2.05, 4.69) is 10.2 Å². The molecule has 0 fully saturated rings. The molecule has 7 heteroatoms. The Bertz CT molecular complexity index is 751. The number of fused-ring (bicyclic) bond motifs is 1. The molecule has 1 heterocycles. The van der Waals surface area contributed by atoms with Crippen LogP contribution in [0.25, 0.3) is 10.8 Å². The highest BCUT2D eigenvalue weighted by atomic mass is 16.5. The van der Waals surface area contributed by atoms with E-state index in [1.165, 1.54) is 20.4 Å². The van der Waals surface area contributed by atoms with Crippen molar-refractivity contribution >= 4 is 22.6 Å². The molecule has 0 aliphatic heterocycles. The number of esters is 1. The van der Waals surface area contributed by atoms with E-state index in [1.807, 2.05) is 0 Å². The van der Waals surface area contributed by atoms with Crippen LogP contribution in [0.2, 0.25) is 0 Å². The van der Waals surface area contributed by atoms with Gasteiger partial charge < -0.3 is 9.47 Å². The highest BCUT2D eigenvalue weighted by Crippen LogP contribution is 2.15. The number of nitrogens with zero attached hydrogens (tertiary/aromatic N) is 1. The van der Waals surface area contributed by atoms with Crippen LogP contribution in [0, 0.1) is 0 Å². The minimum absolute atomic E-state index is 0.186. The third-order valence-corrected chi connectivity index (χ3v) is 2.85. The third-order valence-electron chi connectivity index (χ3n) is 2.85. The lowest BCUT2D eigenvalue weighted by Gasteiger charge is -2.11. The maximum absolute atomic E-state index is 12.3. The number of ether oxygens (including phenoxy) is 2. The summed E-state index contributed by atoms with van der Waals surface area (Å²) in [5.74, 6) is -1.10. The van der Waals surface area contributed by atoms with Crippen LogP contribution >= 0.6 is 0 Å². The van der Waals surface area contributed by atoms with Crippen molar-refractivity contribution in [3.63, 3.8) is 0 Å². The number of rotatable bonds is 4. The summed E-state index contributed by atoms with van der Waals surface area (Å²) in [4.78, 5) is 35.7. The SMILES string of the molecule is COCC(=O)Nn1cc(C(=O)OC)c2ccccc2c1=O. The number of carbonyl (C=O) groups excluding carboxylic acids is 2. The zero-order valence-corrected chi connectivity index (χ0v) is 11.6. The molecule has 1 aromatic heterocycles. The average molecular weight is 290 g/mol. The standard InChI is InChI=1S/C14H14N2O5/c1-20-8-12(17)15-16-7-11(14(19)21-2)9-5-3-4-6-10(9)13(16)18/h3-7H,8H2,1-2H3,(H,15,17). The topological polar surface area (TPSA) is 86.6 Å². The molecule has 0 atom stereocenters. The molecular formula is C14H14N2O5. The molecule has 0 saturated carbocycles. The molecule has 0 aliphatic rings. The van der Waals surface area contributed by atoms with Crippen molar-refractivity contribution in [2.45, 2.75) is 0 Å². The van der Waals surface area contributed by atoms with E-state index in [9.17, 15) is 14.4 Å². The van der Waals surface area contributed by atoms with Crippen molar-refractivity contribution in [2.75, 3.05) is 26.3 Å². The first kappa shape index (κ1) is 14.7. The molecule has 7 nitrogen and oxygen atoms in total. The second-order valence-electron chi connectivity index (χ2n) is 4.22. The van der Waals surface area contributed by atoms with Gasteiger partial charge >= 0.3 is 5.97 Å². The molecular weight excluding hydrogens is 276 g/mol. The number of benzene rings is 1. The van der Waals surface area contributed by atoms with Gasteiger partial charge in [0.15, 0.2) is 0 Å². The predicted molar refractivity (Wildman–Crippen MR) is 75.8 cm³/mol. The Morgan fingerprint density at radius 1 is 1.19 bits per heavy atom. The lowest BCUT2D eigenvalue weighted by Crippen LogP contribution is -2.35. The smallest absolute Gasteiger partial charge is 0.340 e. The quantitative estimate of drug-likeness (QED) is 0.829. The Labute approximate surface area is 120 Å². The van der Waals surface area contributed by atoms with Gasteiger partial charge in [-0.25, -0.2) is 9.47 Å². The van der Waals surface area contributed by atoms with Crippen molar-refractivity contribution in [1.29, 1.82) is 0 Å². The van der Waals surface area contributed by atoms with Gasteiger partial charge in [-0.3, -0.25) is 15.0 Å². The van der Waals surface area contributed by atoms with Crippen molar-refractivity contribution in [3.8, 4) is 0 Å². The molecule has 0 unspecified atom stereocenters. The van der Waals surface area contributed by atoms with Gasteiger partial charge in [-0.1, -0.05) is 18.2 Å². The molecule has 0 radical (unpaired) electrons. The highest BCUT2D eigenvalue weighted by molar-refractivity contribution is 6.04. The first-order valence-corrected chi connectivity index (χ1v) is 6.10. The molecule has 0 bridgehead atoms. The summed E-state index contributed by atoms with van der Waals surface area (Å²) >= 11 is 0. The molecule has 0 saturated heterocycles. The summed E-state index contributed by atoms with van der Waals surface area (Å²) in [5.41, 5.74) is 2.10. The summed E-state index contributed by atoms with van der Waals surface area (Å²) in [6.07, 6.45) is 1.24. The molecule has 0 spiro atoms. The Morgan fingerprint density at radius 3 is 2.48 bits per heavy atom. The van der Waals surface area contributed by atoms with E-state index in [1.54, 1.807) is 24.3 Å². The summed E-state index contributed by atoms with van der Waals surface area (Å²) in [6.45, 7) is -0.202. The van der Waals surface area contributed by atoms with Crippen molar-refractivity contribution in [3.05, 3.63) is 46.4 Å². The summed E-state index contributed by atoms with van der Waals surface area (Å²) in [6, 6.07) is 6.60. The zero-order chi connectivity index (χ0) is 15.4. The number of amides is 1.